The molecule has 0 saturated carbocycles. The van der Waals surface area contributed by atoms with Crippen molar-refractivity contribution in [3.63, 3.8) is 0 Å². The zero-order chi connectivity index (χ0) is 24.5. The van der Waals surface area contributed by atoms with Gasteiger partial charge in [0.1, 0.15) is 41.5 Å². The van der Waals surface area contributed by atoms with E-state index in [1.165, 1.54) is 12.4 Å². The van der Waals surface area contributed by atoms with Crippen LogP contribution in [-0.2, 0) is 16.1 Å². The van der Waals surface area contributed by atoms with E-state index in [2.05, 4.69) is 31.5 Å². The fraction of sp³-hybridized carbons (Fsp3) is 0.292. The highest BCUT2D eigenvalue weighted by Crippen LogP contribution is 2.31. The van der Waals surface area contributed by atoms with E-state index in [0.29, 0.717) is 22.8 Å². The van der Waals surface area contributed by atoms with E-state index in [1.54, 1.807) is 25.1 Å². The Hall–Kier alpha value is -4.12. The van der Waals surface area contributed by atoms with Crippen LogP contribution in [0.4, 0.5) is 10.1 Å². The summed E-state index contributed by atoms with van der Waals surface area (Å²) in [6, 6.07) is 9.07. The van der Waals surface area contributed by atoms with Crippen LogP contribution >= 0.6 is 0 Å². The largest absolute Gasteiger partial charge is 0.482 e. The SMILES string of the molecule is Cc1cc(CNC(=O)C2=NC=NC3C(=NC(C)c4ccc5c(c4)NC(=O)CO5)NNC23)ccc1F. The smallest absolute Gasteiger partial charge is 0.267 e. The summed E-state index contributed by atoms with van der Waals surface area (Å²) in [7, 11) is 0. The zero-order valence-corrected chi connectivity index (χ0v) is 19.1. The maximum absolute atomic E-state index is 13.5. The minimum Gasteiger partial charge on any atom is -0.482 e. The van der Waals surface area contributed by atoms with Crippen LogP contribution in [0.1, 0.15) is 29.7 Å². The number of nitrogens with one attached hydrogen (secondary N) is 4. The molecule has 180 valence electrons. The second kappa shape index (κ2) is 9.26. The number of hydrogen-bond donors (Lipinski definition) is 4. The normalized spacial score (nSPS) is 22.3. The van der Waals surface area contributed by atoms with Gasteiger partial charge in [-0.2, -0.15) is 0 Å². The maximum Gasteiger partial charge on any atom is 0.267 e. The highest BCUT2D eigenvalue weighted by atomic mass is 19.1. The molecule has 0 aromatic heterocycles. The molecule has 1 saturated heterocycles. The molecule has 0 bridgehead atoms. The Morgan fingerprint density at radius 1 is 1.31 bits per heavy atom. The van der Waals surface area contributed by atoms with E-state index in [9.17, 15) is 14.0 Å². The van der Waals surface area contributed by atoms with Gasteiger partial charge in [-0.15, -0.1) is 0 Å². The fourth-order valence-electron chi connectivity index (χ4n) is 4.13. The van der Waals surface area contributed by atoms with Crippen LogP contribution in [0, 0.1) is 12.7 Å². The number of aryl methyl sites for hydroxylation is 1. The highest BCUT2D eigenvalue weighted by Gasteiger charge is 2.40. The van der Waals surface area contributed by atoms with Gasteiger partial charge in [0.05, 0.1) is 11.7 Å². The summed E-state index contributed by atoms with van der Waals surface area (Å²) in [5.41, 5.74) is 9.17. The van der Waals surface area contributed by atoms with Crippen molar-refractivity contribution in [1.82, 2.24) is 16.2 Å². The van der Waals surface area contributed by atoms with Crippen molar-refractivity contribution in [3.05, 3.63) is 58.9 Å². The number of hydrogen-bond acceptors (Lipinski definition) is 7. The van der Waals surface area contributed by atoms with Crippen LogP contribution in [-0.4, -0.2) is 48.4 Å². The van der Waals surface area contributed by atoms with Crippen LogP contribution < -0.4 is 26.2 Å². The third-order valence-corrected chi connectivity index (χ3v) is 6.03. The summed E-state index contributed by atoms with van der Waals surface area (Å²) in [4.78, 5) is 37.8. The van der Waals surface area contributed by atoms with Crippen molar-refractivity contribution in [2.45, 2.75) is 38.5 Å². The molecular weight excluding hydrogens is 453 g/mol. The minimum atomic E-state index is -0.489. The Morgan fingerprint density at radius 2 is 2.17 bits per heavy atom. The number of ether oxygens (including phenoxy) is 1. The highest BCUT2D eigenvalue weighted by molar-refractivity contribution is 6.43. The van der Waals surface area contributed by atoms with E-state index < -0.39 is 12.1 Å². The van der Waals surface area contributed by atoms with E-state index in [0.717, 1.165) is 11.1 Å². The number of rotatable bonds is 5. The number of halogens is 1. The van der Waals surface area contributed by atoms with Crippen molar-refractivity contribution in [3.8, 4) is 5.75 Å². The first kappa shape index (κ1) is 22.7. The average molecular weight is 478 g/mol. The molecule has 0 spiro atoms. The Kier molecular flexibility index (Phi) is 6.00. The van der Waals surface area contributed by atoms with Crippen LogP contribution in [0.5, 0.6) is 5.75 Å². The van der Waals surface area contributed by atoms with Gasteiger partial charge < -0.3 is 20.8 Å². The molecule has 35 heavy (non-hydrogen) atoms. The number of carbonyl (C=O) groups is 2. The number of fused-ring (bicyclic) bond motifs is 2. The lowest BCUT2D eigenvalue weighted by molar-refractivity contribution is -0.118. The molecule has 4 N–H and O–H groups in total. The number of benzene rings is 2. The number of amides is 2. The summed E-state index contributed by atoms with van der Waals surface area (Å²) in [6.45, 7) is 3.85. The zero-order valence-electron chi connectivity index (χ0n) is 19.1. The lowest BCUT2D eigenvalue weighted by Crippen LogP contribution is -2.49. The van der Waals surface area contributed by atoms with Crippen molar-refractivity contribution in [1.29, 1.82) is 0 Å². The molecule has 1 fully saturated rings. The van der Waals surface area contributed by atoms with E-state index in [1.807, 2.05) is 19.1 Å². The predicted molar refractivity (Wildman–Crippen MR) is 129 cm³/mol. The lowest BCUT2D eigenvalue weighted by Gasteiger charge is -2.20. The lowest BCUT2D eigenvalue weighted by atomic mass is 10.0. The van der Waals surface area contributed by atoms with Crippen molar-refractivity contribution in [2.75, 3.05) is 11.9 Å². The Labute approximate surface area is 200 Å². The topological polar surface area (TPSA) is 129 Å². The summed E-state index contributed by atoms with van der Waals surface area (Å²) >= 11 is 0. The van der Waals surface area contributed by atoms with Crippen molar-refractivity contribution < 1.29 is 18.7 Å². The maximum atomic E-state index is 13.5. The summed E-state index contributed by atoms with van der Waals surface area (Å²) in [5.74, 6) is 0.364. The second-order valence-electron chi connectivity index (χ2n) is 8.52. The third-order valence-electron chi connectivity index (χ3n) is 6.03. The van der Waals surface area contributed by atoms with Gasteiger partial charge in [0.2, 0.25) is 0 Å². The van der Waals surface area contributed by atoms with Crippen molar-refractivity contribution >= 4 is 35.4 Å². The van der Waals surface area contributed by atoms with E-state index in [-0.39, 0.29) is 42.5 Å². The Balaban J connectivity index is 1.26. The summed E-state index contributed by atoms with van der Waals surface area (Å²) in [6.07, 6.45) is 1.36. The predicted octanol–water partition coefficient (Wildman–Crippen LogP) is 1.57. The van der Waals surface area contributed by atoms with Crippen LogP contribution in [0.3, 0.4) is 0 Å². The molecule has 3 heterocycles. The Bertz CT molecular complexity index is 1290. The molecule has 3 aliphatic rings. The molecule has 11 heteroatoms. The number of aliphatic imine (C=N–C) groups is 3. The van der Waals surface area contributed by atoms with Crippen LogP contribution in [0.15, 0.2) is 51.4 Å². The van der Waals surface area contributed by atoms with Crippen LogP contribution in [0.25, 0.3) is 0 Å². The molecule has 5 rings (SSSR count). The van der Waals surface area contributed by atoms with Gasteiger partial charge >= 0.3 is 0 Å². The van der Waals surface area contributed by atoms with E-state index >= 15 is 0 Å². The molecule has 2 aromatic rings. The van der Waals surface area contributed by atoms with Gasteiger partial charge in [0, 0.05) is 6.54 Å². The molecule has 3 atom stereocenters. The number of anilines is 1. The monoisotopic (exact) mass is 477 g/mol. The van der Waals surface area contributed by atoms with Gasteiger partial charge in [0.25, 0.3) is 11.8 Å². The standard InChI is InChI=1S/C24H24FN7O3/c1-12-7-14(3-5-16(12)25)9-26-24(34)22-20-21(27-11-28-22)23(32-31-20)29-13(2)15-4-6-18-17(8-15)30-19(33)10-35-18/h3-8,11,13,20-21,31H,9-10H2,1-2H3,(H,26,34)(H,29,32)(H,30,33). The van der Waals surface area contributed by atoms with Crippen LogP contribution in [0.2, 0.25) is 0 Å². The molecule has 3 aliphatic heterocycles. The molecule has 10 nitrogen and oxygen atoms in total. The van der Waals surface area contributed by atoms with E-state index in [4.69, 9.17) is 9.73 Å². The first-order valence-corrected chi connectivity index (χ1v) is 11.2. The first-order chi connectivity index (χ1) is 16.9. The Morgan fingerprint density at radius 3 is 3.00 bits per heavy atom. The number of carbonyl (C=O) groups excluding carboxylic acids is 2. The second-order valence-corrected chi connectivity index (χ2v) is 8.52. The van der Waals surface area contributed by atoms with Gasteiger partial charge in [-0.3, -0.25) is 19.6 Å². The van der Waals surface area contributed by atoms with Gasteiger partial charge in [-0.1, -0.05) is 18.2 Å². The quantitative estimate of drug-likeness (QED) is 0.520. The first-order valence-electron chi connectivity index (χ1n) is 11.2. The third kappa shape index (κ3) is 4.62. The number of amidine groups is 1. The number of nitrogens with zero attached hydrogens (tertiary/aromatic N) is 3. The van der Waals surface area contributed by atoms with Gasteiger partial charge in [-0.25, -0.2) is 14.8 Å². The van der Waals surface area contributed by atoms with Gasteiger partial charge in [-0.05, 0) is 48.7 Å². The molecular formula is C24H24FN7O3. The minimum absolute atomic E-state index is 0.00185. The van der Waals surface area contributed by atoms with Crippen molar-refractivity contribution in [2.24, 2.45) is 15.0 Å². The summed E-state index contributed by atoms with van der Waals surface area (Å²) < 4.78 is 18.9. The van der Waals surface area contributed by atoms with Gasteiger partial charge in [0.15, 0.2) is 6.61 Å². The molecule has 0 radical (unpaired) electrons. The molecule has 2 aromatic carbocycles. The average Bonchev–Trinajstić information content (AvgIpc) is 3.26. The fourth-order valence-corrected chi connectivity index (χ4v) is 4.13. The summed E-state index contributed by atoms with van der Waals surface area (Å²) in [5, 5.41) is 5.63. The molecule has 3 unspecified atom stereocenters. The molecule has 2 amide bonds. The number of hydrazine groups is 1. The molecule has 0 aliphatic carbocycles.